The molecular weight excluding hydrogens is 336 g/mol. The van der Waals surface area contributed by atoms with Gasteiger partial charge in [0, 0.05) is 24.0 Å². The lowest BCUT2D eigenvalue weighted by Gasteiger charge is -2.28. The predicted octanol–water partition coefficient (Wildman–Crippen LogP) is 3.67. The molecule has 1 atom stereocenters. The summed E-state index contributed by atoms with van der Waals surface area (Å²) in [6.45, 7) is 2.90. The van der Waals surface area contributed by atoms with E-state index >= 15 is 0 Å². The van der Waals surface area contributed by atoms with Crippen molar-refractivity contribution in [3.05, 3.63) is 47.0 Å². The van der Waals surface area contributed by atoms with Gasteiger partial charge in [-0.3, -0.25) is 4.79 Å². The summed E-state index contributed by atoms with van der Waals surface area (Å²) in [5.74, 6) is 0.114. The van der Waals surface area contributed by atoms with E-state index in [0.717, 1.165) is 18.3 Å². The zero-order valence-corrected chi connectivity index (χ0v) is 13.9. The minimum absolute atomic E-state index is 0.0121. The molecule has 1 heterocycles. The Labute approximate surface area is 132 Å². The highest BCUT2D eigenvalue weighted by molar-refractivity contribution is 9.09. The molecule has 0 radical (unpaired) electrons. The first kappa shape index (κ1) is 15.4. The first-order valence-electron chi connectivity index (χ1n) is 6.69. The van der Waals surface area contributed by atoms with Crippen molar-refractivity contribution in [1.29, 1.82) is 0 Å². The van der Waals surface area contributed by atoms with Gasteiger partial charge in [-0.1, -0.05) is 58.0 Å². The average Bonchev–Trinajstić information content (AvgIpc) is 2.79. The highest BCUT2D eigenvalue weighted by Crippen LogP contribution is 2.30. The second-order valence-corrected chi connectivity index (χ2v) is 6.47. The van der Waals surface area contributed by atoms with Gasteiger partial charge < -0.3 is 10.2 Å². The zero-order chi connectivity index (χ0) is 14.4. The molecule has 1 amide bonds. The summed E-state index contributed by atoms with van der Waals surface area (Å²) in [6.07, 6.45) is 1.44. The van der Waals surface area contributed by atoms with Crippen molar-refractivity contribution in [3.8, 4) is 0 Å². The van der Waals surface area contributed by atoms with Crippen molar-refractivity contribution >= 4 is 33.6 Å². The Morgan fingerprint density at radius 3 is 2.85 bits per heavy atom. The predicted molar refractivity (Wildman–Crippen MR) is 88.3 cm³/mol. The number of allylic oxidation sites excluding steroid dienone is 1. The Bertz CT molecular complexity index is 478. The summed E-state index contributed by atoms with van der Waals surface area (Å²) in [6, 6.07) is 10.3. The number of benzene rings is 1. The van der Waals surface area contributed by atoms with E-state index in [1.807, 2.05) is 18.2 Å². The van der Waals surface area contributed by atoms with Crippen LogP contribution in [0.2, 0.25) is 0 Å². The van der Waals surface area contributed by atoms with Crippen molar-refractivity contribution in [2.24, 2.45) is 0 Å². The van der Waals surface area contributed by atoms with E-state index in [1.165, 1.54) is 11.3 Å². The van der Waals surface area contributed by atoms with E-state index in [1.54, 1.807) is 11.8 Å². The molecular formula is C15H19BrN2OS. The summed E-state index contributed by atoms with van der Waals surface area (Å²) in [7, 11) is 0. The molecule has 0 spiro atoms. The van der Waals surface area contributed by atoms with Crippen LogP contribution in [0.3, 0.4) is 0 Å². The fourth-order valence-electron chi connectivity index (χ4n) is 2.03. The summed E-state index contributed by atoms with van der Waals surface area (Å²) < 4.78 is 0. The number of halogens is 1. The molecule has 0 saturated heterocycles. The van der Waals surface area contributed by atoms with Crippen molar-refractivity contribution in [2.45, 2.75) is 31.8 Å². The lowest BCUT2D eigenvalue weighted by atomic mass is 10.2. The molecule has 1 aliphatic heterocycles. The summed E-state index contributed by atoms with van der Waals surface area (Å²) in [5, 5.41) is 6.07. The number of carbonyl (C=O) groups excluding carboxylic acids is 1. The molecule has 20 heavy (non-hydrogen) atoms. The van der Waals surface area contributed by atoms with Gasteiger partial charge in [0.15, 0.2) is 5.50 Å². The fraction of sp³-hybridized carbons (Fsp3) is 0.400. The minimum atomic E-state index is 0.0121. The number of nitrogens with zero attached hydrogens (tertiary/aromatic N) is 1. The van der Waals surface area contributed by atoms with Crippen LogP contribution in [0, 0.1) is 0 Å². The van der Waals surface area contributed by atoms with Gasteiger partial charge in [-0.15, -0.1) is 0 Å². The van der Waals surface area contributed by atoms with Crippen molar-refractivity contribution in [1.82, 2.24) is 10.2 Å². The lowest BCUT2D eigenvalue weighted by molar-refractivity contribution is -0.122. The van der Waals surface area contributed by atoms with Crippen LogP contribution in [0.1, 0.15) is 25.3 Å². The lowest BCUT2D eigenvalue weighted by Crippen LogP contribution is -2.42. The molecule has 0 bridgehead atoms. The smallest absolute Gasteiger partial charge is 0.222 e. The van der Waals surface area contributed by atoms with Gasteiger partial charge in [-0.25, -0.2) is 0 Å². The van der Waals surface area contributed by atoms with Gasteiger partial charge in [0.05, 0.1) is 0 Å². The van der Waals surface area contributed by atoms with Gasteiger partial charge in [-0.2, -0.15) is 0 Å². The van der Waals surface area contributed by atoms with Gasteiger partial charge in [0.25, 0.3) is 0 Å². The normalized spacial score (nSPS) is 18.0. The molecule has 0 saturated carbocycles. The number of thioether (sulfide) groups is 1. The zero-order valence-electron chi connectivity index (χ0n) is 11.5. The Hall–Kier alpha value is -0.940. The van der Waals surface area contributed by atoms with Crippen molar-refractivity contribution < 1.29 is 4.79 Å². The maximum Gasteiger partial charge on any atom is 0.222 e. The Morgan fingerprint density at radius 2 is 2.15 bits per heavy atom. The number of rotatable bonds is 6. The largest absolute Gasteiger partial charge is 0.341 e. The first-order valence-corrected chi connectivity index (χ1v) is 8.75. The number of hydrogen-bond acceptors (Lipinski definition) is 3. The Balaban J connectivity index is 1.94. The molecule has 1 unspecified atom stereocenters. The number of nitrogens with one attached hydrogen (secondary N) is 1. The molecule has 108 valence electrons. The van der Waals surface area contributed by atoms with E-state index in [-0.39, 0.29) is 11.4 Å². The number of carbonyl (C=O) groups is 1. The molecule has 3 nitrogen and oxygen atoms in total. The molecule has 1 aromatic carbocycles. The highest BCUT2D eigenvalue weighted by atomic mass is 79.9. The molecule has 2 rings (SSSR count). The molecule has 0 aliphatic carbocycles. The fourth-order valence-corrected chi connectivity index (χ4v) is 3.35. The molecule has 0 fully saturated rings. The molecule has 1 aromatic rings. The maximum atomic E-state index is 11.9. The minimum Gasteiger partial charge on any atom is -0.341 e. The monoisotopic (exact) mass is 354 g/mol. The van der Waals surface area contributed by atoms with Gasteiger partial charge >= 0.3 is 0 Å². The van der Waals surface area contributed by atoms with E-state index in [0.29, 0.717) is 6.42 Å². The average molecular weight is 355 g/mol. The van der Waals surface area contributed by atoms with Crippen LogP contribution in [0.25, 0.3) is 0 Å². The standard InChI is InChI=1S/C15H19BrN2OS/c1-12-11-20-15(17-14(19)8-5-9-16)18(12)10-13-6-3-2-4-7-13/h2-4,6-7,11,15H,5,8-10H2,1H3,(H,17,19). The van der Waals surface area contributed by atoms with Crippen LogP contribution in [-0.4, -0.2) is 21.6 Å². The third-order valence-electron chi connectivity index (χ3n) is 3.12. The van der Waals surface area contributed by atoms with Crippen LogP contribution >= 0.6 is 27.7 Å². The summed E-state index contributed by atoms with van der Waals surface area (Å²) >= 11 is 5.01. The van der Waals surface area contributed by atoms with Crippen LogP contribution in [0.4, 0.5) is 0 Å². The van der Waals surface area contributed by atoms with E-state index < -0.39 is 0 Å². The van der Waals surface area contributed by atoms with Crippen molar-refractivity contribution in [2.75, 3.05) is 5.33 Å². The summed E-state index contributed by atoms with van der Waals surface area (Å²) in [4.78, 5) is 14.1. The maximum absolute atomic E-state index is 11.9. The highest BCUT2D eigenvalue weighted by Gasteiger charge is 2.25. The van der Waals surface area contributed by atoms with Gasteiger partial charge in [-0.05, 0) is 24.3 Å². The topological polar surface area (TPSA) is 32.3 Å². The molecule has 1 aliphatic rings. The molecule has 1 N–H and O–H groups in total. The van der Waals surface area contributed by atoms with Gasteiger partial charge in [0.1, 0.15) is 0 Å². The second-order valence-electron chi connectivity index (χ2n) is 4.72. The number of alkyl halides is 1. The van der Waals surface area contributed by atoms with E-state index in [9.17, 15) is 4.79 Å². The van der Waals surface area contributed by atoms with Gasteiger partial charge in [0.2, 0.25) is 5.91 Å². The second kappa shape index (κ2) is 7.74. The van der Waals surface area contributed by atoms with Crippen LogP contribution in [0.5, 0.6) is 0 Å². The number of amides is 1. The van der Waals surface area contributed by atoms with Crippen molar-refractivity contribution in [3.63, 3.8) is 0 Å². The van der Waals surface area contributed by atoms with Crippen LogP contribution < -0.4 is 5.32 Å². The molecule has 0 aromatic heterocycles. The SMILES string of the molecule is CC1=CSC(NC(=O)CCCBr)N1Cc1ccccc1. The first-order chi connectivity index (χ1) is 9.70. The van der Waals surface area contributed by atoms with Crippen LogP contribution in [-0.2, 0) is 11.3 Å². The quantitative estimate of drug-likeness (QED) is 0.791. The molecule has 5 heteroatoms. The third-order valence-corrected chi connectivity index (χ3v) is 4.79. The van der Waals surface area contributed by atoms with E-state index in [4.69, 9.17) is 0 Å². The van der Waals surface area contributed by atoms with Crippen LogP contribution in [0.15, 0.2) is 41.4 Å². The Kier molecular flexibility index (Phi) is 5.98. The summed E-state index contributed by atoms with van der Waals surface area (Å²) in [5.41, 5.74) is 2.46. The number of hydrogen-bond donors (Lipinski definition) is 1. The van der Waals surface area contributed by atoms with E-state index in [2.05, 4.69) is 50.6 Å². The Morgan fingerprint density at radius 1 is 1.40 bits per heavy atom. The third kappa shape index (κ3) is 4.28.